The van der Waals surface area contributed by atoms with E-state index < -0.39 is 0 Å². The minimum atomic E-state index is -0.345. The van der Waals surface area contributed by atoms with Crippen molar-refractivity contribution in [2.75, 3.05) is 20.8 Å². The summed E-state index contributed by atoms with van der Waals surface area (Å²) in [7, 11) is 3.10. The van der Waals surface area contributed by atoms with Crippen molar-refractivity contribution in [3.8, 4) is 17.2 Å². The quantitative estimate of drug-likeness (QED) is 0.409. The number of nitrogens with zero attached hydrogens (tertiary/aromatic N) is 3. The average Bonchev–Trinajstić information content (AvgIpc) is 3.13. The largest absolute Gasteiger partial charge is 0.494 e. The summed E-state index contributed by atoms with van der Waals surface area (Å²) in [6.45, 7) is 4.95. The number of carbonyl (C=O) groups is 1. The van der Waals surface area contributed by atoms with Crippen molar-refractivity contribution in [1.29, 1.82) is 0 Å². The number of methoxy groups -OCH3 is 2. The maximum absolute atomic E-state index is 12.9. The van der Waals surface area contributed by atoms with Gasteiger partial charge >= 0.3 is 0 Å². The topological polar surface area (TPSA) is 96.1 Å². The molecule has 2 aromatic heterocycles. The van der Waals surface area contributed by atoms with Crippen LogP contribution < -0.4 is 25.1 Å². The molecule has 9 heteroatoms. The molecule has 34 heavy (non-hydrogen) atoms. The molecule has 0 aliphatic carbocycles. The highest BCUT2D eigenvalue weighted by Gasteiger charge is 2.19. The number of ether oxygens (including phenoxy) is 3. The number of hydrogen-bond donors (Lipinski definition) is 1. The number of aryl methyl sites for hydroxylation is 1. The van der Waals surface area contributed by atoms with Crippen molar-refractivity contribution in [2.24, 2.45) is 0 Å². The van der Waals surface area contributed by atoms with Gasteiger partial charge in [-0.05, 0) is 37.1 Å². The average molecular weight is 465 g/mol. The van der Waals surface area contributed by atoms with Crippen LogP contribution in [0.4, 0.5) is 0 Å². The van der Waals surface area contributed by atoms with Crippen molar-refractivity contribution in [2.45, 2.75) is 33.4 Å². The van der Waals surface area contributed by atoms with Crippen molar-refractivity contribution in [1.82, 2.24) is 19.5 Å². The van der Waals surface area contributed by atoms with Crippen LogP contribution in [0, 0.1) is 6.92 Å². The Morgan fingerprint density at radius 1 is 1.06 bits per heavy atom. The van der Waals surface area contributed by atoms with E-state index in [9.17, 15) is 9.59 Å². The fourth-order valence-corrected chi connectivity index (χ4v) is 3.91. The molecule has 4 rings (SSSR count). The van der Waals surface area contributed by atoms with Gasteiger partial charge in [0.2, 0.25) is 5.91 Å². The van der Waals surface area contributed by atoms with Crippen LogP contribution in [-0.2, 0) is 17.9 Å². The van der Waals surface area contributed by atoms with Gasteiger partial charge in [-0.1, -0.05) is 19.1 Å². The van der Waals surface area contributed by atoms with Gasteiger partial charge in [0.05, 0.1) is 26.3 Å². The van der Waals surface area contributed by atoms with Gasteiger partial charge in [0.15, 0.2) is 17.1 Å². The summed E-state index contributed by atoms with van der Waals surface area (Å²) in [4.78, 5) is 29.2. The molecule has 0 aliphatic rings. The van der Waals surface area contributed by atoms with E-state index in [0.29, 0.717) is 46.9 Å². The van der Waals surface area contributed by atoms with Gasteiger partial charge < -0.3 is 19.5 Å². The second kappa shape index (κ2) is 9.86. The van der Waals surface area contributed by atoms with Crippen molar-refractivity contribution >= 4 is 22.5 Å². The Bertz CT molecular complexity index is 1390. The SMILES string of the molecule is CCCOc1ccc(CNC(=O)Cn2c3cc(OC)c(OC)cc3c3nc(=O)cc(C)n32)cc1. The zero-order valence-corrected chi connectivity index (χ0v) is 19.8. The predicted octanol–water partition coefficient (Wildman–Crippen LogP) is 3.08. The molecule has 0 radical (unpaired) electrons. The lowest BCUT2D eigenvalue weighted by Gasteiger charge is -2.12. The molecule has 0 spiro atoms. The van der Waals surface area contributed by atoms with Gasteiger partial charge in [0.25, 0.3) is 5.56 Å². The molecule has 2 aromatic carbocycles. The molecule has 0 aliphatic heterocycles. The van der Waals surface area contributed by atoms with Crippen LogP contribution in [0.2, 0.25) is 0 Å². The Balaban J connectivity index is 1.63. The first-order valence-electron chi connectivity index (χ1n) is 11.1. The van der Waals surface area contributed by atoms with Gasteiger partial charge in [-0.15, -0.1) is 0 Å². The fourth-order valence-electron chi connectivity index (χ4n) is 3.91. The van der Waals surface area contributed by atoms with E-state index in [4.69, 9.17) is 14.2 Å². The van der Waals surface area contributed by atoms with Gasteiger partial charge in [0.1, 0.15) is 12.3 Å². The lowest BCUT2D eigenvalue weighted by molar-refractivity contribution is -0.122. The molecule has 1 amide bonds. The minimum absolute atomic E-state index is 0.0264. The van der Waals surface area contributed by atoms with Crippen LogP contribution in [0.25, 0.3) is 16.6 Å². The molecule has 0 bridgehead atoms. The smallest absolute Gasteiger partial charge is 0.273 e. The molecule has 9 nitrogen and oxygen atoms in total. The molecule has 0 fully saturated rings. The minimum Gasteiger partial charge on any atom is -0.494 e. The molecular formula is C25H28N4O5. The molecule has 178 valence electrons. The third-order valence-corrected chi connectivity index (χ3v) is 5.52. The zero-order chi connectivity index (χ0) is 24.2. The van der Waals surface area contributed by atoms with Crippen molar-refractivity contribution in [3.63, 3.8) is 0 Å². The van der Waals surface area contributed by atoms with Gasteiger partial charge in [-0.3, -0.25) is 14.3 Å². The number of hydrogen-bond acceptors (Lipinski definition) is 6. The molecule has 0 unspecified atom stereocenters. The number of nitrogens with one attached hydrogen (secondary N) is 1. The number of amides is 1. The Morgan fingerprint density at radius 2 is 1.76 bits per heavy atom. The molecule has 1 N–H and O–H groups in total. The number of fused-ring (bicyclic) bond motifs is 3. The monoisotopic (exact) mass is 464 g/mol. The van der Waals surface area contributed by atoms with Crippen LogP contribution in [0.15, 0.2) is 47.3 Å². The maximum atomic E-state index is 12.9. The third kappa shape index (κ3) is 4.54. The van der Waals surface area contributed by atoms with E-state index in [-0.39, 0.29) is 18.0 Å². The first kappa shape index (κ1) is 23.2. The Morgan fingerprint density at radius 3 is 2.44 bits per heavy atom. The highest BCUT2D eigenvalue weighted by atomic mass is 16.5. The lowest BCUT2D eigenvalue weighted by Crippen LogP contribution is -2.29. The molecule has 2 heterocycles. The number of aromatic nitrogens is 3. The summed E-state index contributed by atoms with van der Waals surface area (Å²) in [5.74, 6) is 1.66. The normalized spacial score (nSPS) is 11.1. The summed E-state index contributed by atoms with van der Waals surface area (Å²) >= 11 is 0. The standard InChI is InChI=1S/C25H28N4O5/c1-5-10-34-18-8-6-17(7-9-18)14-26-24(31)15-28-20-13-22(33-4)21(32-3)12-19(20)25-27-23(30)11-16(2)29(25)28/h6-9,11-13H,5,10,14-15H2,1-4H3,(H,26,31). The molecule has 0 saturated carbocycles. The Hall–Kier alpha value is -4.01. The number of carbonyl (C=O) groups excluding carboxylic acids is 1. The van der Waals surface area contributed by atoms with Crippen LogP contribution in [0.5, 0.6) is 17.2 Å². The summed E-state index contributed by atoms with van der Waals surface area (Å²) in [5, 5.41) is 3.65. The number of rotatable bonds is 9. The molecule has 0 atom stereocenters. The van der Waals surface area contributed by atoms with Gasteiger partial charge in [-0.2, -0.15) is 4.98 Å². The third-order valence-electron chi connectivity index (χ3n) is 5.52. The number of benzene rings is 2. The van der Waals surface area contributed by atoms with Crippen LogP contribution in [0.3, 0.4) is 0 Å². The molecule has 0 saturated heterocycles. The first-order valence-corrected chi connectivity index (χ1v) is 11.1. The second-order valence-electron chi connectivity index (χ2n) is 7.92. The highest BCUT2D eigenvalue weighted by Crippen LogP contribution is 2.34. The van der Waals surface area contributed by atoms with Gasteiger partial charge in [-0.25, -0.2) is 4.52 Å². The van der Waals surface area contributed by atoms with E-state index in [0.717, 1.165) is 17.7 Å². The highest BCUT2D eigenvalue weighted by molar-refractivity contribution is 5.96. The maximum Gasteiger partial charge on any atom is 0.273 e. The summed E-state index contributed by atoms with van der Waals surface area (Å²) in [6.07, 6.45) is 0.947. The first-order chi connectivity index (χ1) is 16.4. The van der Waals surface area contributed by atoms with E-state index in [1.54, 1.807) is 42.5 Å². The van der Waals surface area contributed by atoms with E-state index >= 15 is 0 Å². The fraction of sp³-hybridized carbons (Fsp3) is 0.320. The summed E-state index contributed by atoms with van der Waals surface area (Å²) < 4.78 is 20.0. The van der Waals surface area contributed by atoms with Crippen molar-refractivity contribution < 1.29 is 19.0 Å². The molecule has 4 aromatic rings. The zero-order valence-electron chi connectivity index (χ0n) is 19.8. The van der Waals surface area contributed by atoms with Crippen molar-refractivity contribution in [3.05, 3.63) is 64.1 Å². The van der Waals surface area contributed by atoms with Crippen LogP contribution >= 0.6 is 0 Å². The Kier molecular flexibility index (Phi) is 6.72. The van der Waals surface area contributed by atoms with E-state index in [2.05, 4.69) is 17.2 Å². The van der Waals surface area contributed by atoms with Crippen LogP contribution in [0.1, 0.15) is 24.6 Å². The van der Waals surface area contributed by atoms with Gasteiger partial charge in [0, 0.05) is 29.8 Å². The van der Waals surface area contributed by atoms with Crippen LogP contribution in [-0.4, -0.2) is 40.9 Å². The molecular weight excluding hydrogens is 436 g/mol. The predicted molar refractivity (Wildman–Crippen MR) is 129 cm³/mol. The summed E-state index contributed by atoms with van der Waals surface area (Å²) in [5.41, 5.74) is 2.44. The Labute approximate surface area is 196 Å². The summed E-state index contributed by atoms with van der Waals surface area (Å²) in [6, 6.07) is 12.7. The second-order valence-corrected chi connectivity index (χ2v) is 7.92. The lowest BCUT2D eigenvalue weighted by atomic mass is 10.2. The van der Waals surface area contributed by atoms with E-state index in [1.165, 1.54) is 6.07 Å². The van der Waals surface area contributed by atoms with E-state index in [1.807, 2.05) is 24.3 Å².